The highest BCUT2D eigenvalue weighted by Crippen LogP contribution is 2.44. The van der Waals surface area contributed by atoms with E-state index in [1.165, 1.54) is 0 Å². The summed E-state index contributed by atoms with van der Waals surface area (Å²) >= 11 is 0. The van der Waals surface area contributed by atoms with Gasteiger partial charge in [-0.2, -0.15) is 0 Å². The number of benzene rings is 1. The number of fused-ring (bicyclic) bond motifs is 1. The van der Waals surface area contributed by atoms with Crippen LogP contribution in [0.1, 0.15) is 37.3 Å². The zero-order chi connectivity index (χ0) is 16.7. The number of rotatable bonds is 4. The first-order valence-electron chi connectivity index (χ1n) is 8.44. The second kappa shape index (κ2) is 5.94. The van der Waals surface area contributed by atoms with E-state index in [1.807, 2.05) is 44.2 Å². The summed E-state index contributed by atoms with van der Waals surface area (Å²) < 4.78 is 11.0. The summed E-state index contributed by atoms with van der Waals surface area (Å²) in [6.07, 6.45) is 1.73. The number of hydrogen-bond donors (Lipinski definition) is 0. The molecule has 126 valence electrons. The van der Waals surface area contributed by atoms with Crippen LogP contribution in [0, 0.1) is 6.92 Å². The van der Waals surface area contributed by atoms with Crippen molar-refractivity contribution in [1.29, 1.82) is 0 Å². The Labute approximate surface area is 141 Å². The first-order valence-corrected chi connectivity index (χ1v) is 8.44. The molecule has 2 aromatic rings. The highest BCUT2D eigenvalue weighted by atomic mass is 16.5. The van der Waals surface area contributed by atoms with E-state index in [9.17, 15) is 4.79 Å². The standard InChI is InChI=1S/C18H21N3O3/c1-3-23-15-9-5-4-7-13(15)17-20-10-6-8-14(20)18(22)21(17)16-11-12(2)24-19-16/h4-5,7,9,11,14,17H,3,6,8,10H2,1-2H3/t14-,17+/m0/s1. The molecule has 2 aliphatic rings. The Kier molecular flexibility index (Phi) is 3.76. The molecule has 1 amide bonds. The Morgan fingerprint density at radius 3 is 2.96 bits per heavy atom. The van der Waals surface area contributed by atoms with E-state index < -0.39 is 0 Å². The average Bonchev–Trinajstić information content (AvgIpc) is 3.26. The third kappa shape index (κ3) is 2.29. The summed E-state index contributed by atoms with van der Waals surface area (Å²) in [5.41, 5.74) is 0.998. The van der Waals surface area contributed by atoms with Crippen molar-refractivity contribution >= 4 is 11.7 Å². The van der Waals surface area contributed by atoms with Crippen LogP contribution < -0.4 is 9.64 Å². The molecule has 1 aromatic carbocycles. The minimum absolute atomic E-state index is 0.0818. The van der Waals surface area contributed by atoms with Crippen molar-refractivity contribution in [1.82, 2.24) is 10.1 Å². The van der Waals surface area contributed by atoms with Gasteiger partial charge in [0.25, 0.3) is 0 Å². The van der Waals surface area contributed by atoms with Gasteiger partial charge in [0.2, 0.25) is 5.91 Å². The normalized spacial score (nSPS) is 23.8. The third-order valence-electron chi connectivity index (χ3n) is 4.73. The number of nitrogens with zero attached hydrogens (tertiary/aromatic N) is 3. The molecule has 24 heavy (non-hydrogen) atoms. The van der Waals surface area contributed by atoms with Gasteiger partial charge in [0.05, 0.1) is 12.6 Å². The molecule has 3 heterocycles. The second-order valence-electron chi connectivity index (χ2n) is 6.24. The van der Waals surface area contributed by atoms with Crippen molar-refractivity contribution < 1.29 is 14.1 Å². The van der Waals surface area contributed by atoms with Gasteiger partial charge in [-0.1, -0.05) is 23.4 Å². The van der Waals surface area contributed by atoms with Crippen molar-refractivity contribution in [3.05, 3.63) is 41.7 Å². The molecule has 6 nitrogen and oxygen atoms in total. The number of aryl methyl sites for hydroxylation is 1. The summed E-state index contributed by atoms with van der Waals surface area (Å²) in [4.78, 5) is 17.0. The zero-order valence-electron chi connectivity index (χ0n) is 13.9. The van der Waals surface area contributed by atoms with Gasteiger partial charge in [0.15, 0.2) is 5.82 Å². The van der Waals surface area contributed by atoms with Gasteiger partial charge in [-0.3, -0.25) is 14.6 Å². The predicted molar refractivity (Wildman–Crippen MR) is 88.8 cm³/mol. The fourth-order valence-electron chi connectivity index (χ4n) is 3.78. The summed E-state index contributed by atoms with van der Waals surface area (Å²) in [7, 11) is 0. The van der Waals surface area contributed by atoms with Crippen LogP contribution in [0.3, 0.4) is 0 Å². The van der Waals surface area contributed by atoms with Gasteiger partial charge in [-0.15, -0.1) is 0 Å². The lowest BCUT2D eigenvalue weighted by Crippen LogP contribution is -2.32. The lowest BCUT2D eigenvalue weighted by Gasteiger charge is -2.29. The van der Waals surface area contributed by atoms with E-state index in [1.54, 1.807) is 4.90 Å². The van der Waals surface area contributed by atoms with Crippen LogP contribution in [0.15, 0.2) is 34.9 Å². The van der Waals surface area contributed by atoms with Crippen molar-refractivity contribution in [3.8, 4) is 5.75 Å². The molecule has 2 fully saturated rings. The molecule has 0 spiro atoms. The smallest absolute Gasteiger partial charge is 0.247 e. The zero-order valence-corrected chi connectivity index (χ0v) is 13.9. The summed E-state index contributed by atoms with van der Waals surface area (Å²) in [5, 5.41) is 4.09. The van der Waals surface area contributed by atoms with Crippen LogP contribution >= 0.6 is 0 Å². The maximum atomic E-state index is 13.0. The van der Waals surface area contributed by atoms with Crippen LogP contribution in [0.5, 0.6) is 5.75 Å². The fraction of sp³-hybridized carbons (Fsp3) is 0.444. The first-order chi connectivity index (χ1) is 11.7. The Morgan fingerprint density at radius 1 is 1.38 bits per heavy atom. The van der Waals surface area contributed by atoms with Gasteiger partial charge in [-0.25, -0.2) is 0 Å². The van der Waals surface area contributed by atoms with E-state index in [-0.39, 0.29) is 18.1 Å². The maximum Gasteiger partial charge on any atom is 0.247 e. The first kappa shape index (κ1) is 15.2. The van der Waals surface area contributed by atoms with Crippen LogP contribution in [0.2, 0.25) is 0 Å². The second-order valence-corrected chi connectivity index (χ2v) is 6.24. The van der Waals surface area contributed by atoms with Crippen molar-refractivity contribution in [3.63, 3.8) is 0 Å². The number of carbonyl (C=O) groups is 1. The number of amides is 1. The molecule has 4 rings (SSSR count). The van der Waals surface area contributed by atoms with Crippen molar-refractivity contribution in [2.24, 2.45) is 0 Å². The third-order valence-corrected chi connectivity index (χ3v) is 4.73. The van der Waals surface area contributed by atoms with Gasteiger partial charge in [0.1, 0.15) is 17.7 Å². The molecular weight excluding hydrogens is 306 g/mol. The Balaban J connectivity index is 1.82. The fourth-order valence-corrected chi connectivity index (χ4v) is 3.78. The Morgan fingerprint density at radius 2 is 2.21 bits per heavy atom. The maximum absolute atomic E-state index is 13.0. The highest BCUT2D eigenvalue weighted by Gasteiger charge is 2.51. The molecule has 0 radical (unpaired) electrons. The molecular formula is C18H21N3O3. The molecule has 0 unspecified atom stereocenters. The SMILES string of the molecule is CCOc1ccccc1[C@H]1N(c2cc(C)on2)C(=O)[C@@H]2CCCN21. The largest absolute Gasteiger partial charge is 0.493 e. The number of ether oxygens (including phenoxy) is 1. The molecule has 2 aliphatic heterocycles. The minimum Gasteiger partial charge on any atom is -0.493 e. The van der Waals surface area contributed by atoms with Gasteiger partial charge < -0.3 is 9.26 Å². The molecule has 6 heteroatoms. The molecule has 0 N–H and O–H groups in total. The van der Waals surface area contributed by atoms with E-state index in [2.05, 4.69) is 10.1 Å². The van der Waals surface area contributed by atoms with E-state index in [0.29, 0.717) is 18.2 Å². The number of aromatic nitrogens is 1. The van der Waals surface area contributed by atoms with Crippen LogP contribution in [-0.4, -0.2) is 35.2 Å². The highest BCUT2D eigenvalue weighted by molar-refractivity contribution is 5.99. The number of carbonyl (C=O) groups excluding carboxylic acids is 1. The molecule has 0 aliphatic carbocycles. The molecule has 0 saturated carbocycles. The lowest BCUT2D eigenvalue weighted by atomic mass is 10.1. The quantitative estimate of drug-likeness (QED) is 0.864. The topological polar surface area (TPSA) is 58.8 Å². The van der Waals surface area contributed by atoms with Crippen LogP contribution in [0.25, 0.3) is 0 Å². The Bertz CT molecular complexity index is 757. The predicted octanol–water partition coefficient (Wildman–Crippen LogP) is 2.89. The van der Waals surface area contributed by atoms with Crippen LogP contribution in [-0.2, 0) is 4.79 Å². The average molecular weight is 327 g/mol. The van der Waals surface area contributed by atoms with Crippen molar-refractivity contribution in [2.75, 3.05) is 18.1 Å². The molecule has 2 saturated heterocycles. The van der Waals surface area contributed by atoms with E-state index in [4.69, 9.17) is 9.26 Å². The van der Waals surface area contributed by atoms with Gasteiger partial charge in [-0.05, 0) is 32.8 Å². The minimum atomic E-state index is -0.197. The monoisotopic (exact) mass is 327 g/mol. The summed E-state index contributed by atoms with van der Waals surface area (Å²) in [5.74, 6) is 2.18. The summed E-state index contributed by atoms with van der Waals surface area (Å²) in [6.45, 7) is 5.29. The van der Waals surface area contributed by atoms with Crippen LogP contribution in [0.4, 0.5) is 5.82 Å². The molecule has 1 aromatic heterocycles. The summed E-state index contributed by atoms with van der Waals surface area (Å²) in [6, 6.07) is 9.66. The number of para-hydroxylation sites is 1. The van der Waals surface area contributed by atoms with E-state index in [0.717, 1.165) is 30.7 Å². The van der Waals surface area contributed by atoms with Gasteiger partial charge in [0, 0.05) is 18.2 Å². The molecule has 2 atom stereocenters. The lowest BCUT2D eigenvalue weighted by molar-refractivity contribution is -0.119. The van der Waals surface area contributed by atoms with Gasteiger partial charge >= 0.3 is 0 Å². The number of anilines is 1. The van der Waals surface area contributed by atoms with Crippen molar-refractivity contribution in [2.45, 2.75) is 38.9 Å². The molecule has 0 bridgehead atoms. The number of hydrogen-bond acceptors (Lipinski definition) is 5. The van der Waals surface area contributed by atoms with E-state index >= 15 is 0 Å². The Hall–Kier alpha value is -2.34.